The Hall–Kier alpha value is -1.76. The highest BCUT2D eigenvalue weighted by molar-refractivity contribution is 5.70. The topological polar surface area (TPSA) is 72.5 Å². The Kier molecular flexibility index (Phi) is 7.35. The van der Waals surface area contributed by atoms with E-state index in [1.807, 2.05) is 6.92 Å². The van der Waals surface area contributed by atoms with Crippen molar-refractivity contribution in [3.8, 4) is 5.75 Å². The van der Waals surface area contributed by atoms with Gasteiger partial charge in [0.25, 0.3) is 0 Å². The first-order valence-electron chi connectivity index (χ1n) is 7.47. The number of ether oxygens (including phenoxy) is 1. The minimum Gasteiger partial charge on any atom is -0.494 e. The Bertz CT molecular complexity index is 506. The molecule has 0 aliphatic carbocycles. The monoisotopic (exact) mass is 333 g/mol. The van der Waals surface area contributed by atoms with Crippen molar-refractivity contribution in [3.05, 3.63) is 29.8 Å². The number of benzene rings is 1. The molecule has 2 unspecified atom stereocenters. The maximum absolute atomic E-state index is 12.6. The molecule has 0 spiro atoms. The lowest BCUT2D eigenvalue weighted by Gasteiger charge is -2.15. The van der Waals surface area contributed by atoms with Gasteiger partial charge in [-0.25, -0.2) is 0 Å². The maximum Gasteiger partial charge on any atom is 0.416 e. The van der Waals surface area contributed by atoms with Crippen LogP contribution >= 0.6 is 0 Å². The van der Waals surface area contributed by atoms with E-state index < -0.39 is 23.6 Å². The van der Waals surface area contributed by atoms with Crippen molar-refractivity contribution in [1.82, 2.24) is 0 Å². The molecule has 7 heteroatoms. The van der Waals surface area contributed by atoms with E-state index in [1.165, 1.54) is 12.1 Å². The van der Waals surface area contributed by atoms with Crippen LogP contribution in [-0.2, 0) is 11.0 Å². The van der Waals surface area contributed by atoms with Crippen molar-refractivity contribution in [2.24, 2.45) is 17.6 Å². The van der Waals surface area contributed by atoms with Gasteiger partial charge in [0.05, 0.1) is 18.1 Å². The quantitative estimate of drug-likeness (QED) is 0.725. The minimum atomic E-state index is -4.39. The summed E-state index contributed by atoms with van der Waals surface area (Å²) in [5.41, 5.74) is 4.65. The van der Waals surface area contributed by atoms with Crippen molar-refractivity contribution in [3.63, 3.8) is 0 Å². The molecular formula is C16H22F3NO3. The fourth-order valence-electron chi connectivity index (χ4n) is 2.11. The predicted octanol–water partition coefficient (Wildman–Crippen LogP) is 3.55. The second kappa shape index (κ2) is 8.76. The molecule has 23 heavy (non-hydrogen) atoms. The van der Waals surface area contributed by atoms with Gasteiger partial charge in [-0.3, -0.25) is 4.79 Å². The van der Waals surface area contributed by atoms with Crippen LogP contribution in [0.5, 0.6) is 5.75 Å². The first-order valence-corrected chi connectivity index (χ1v) is 7.47. The second-order valence-corrected chi connectivity index (χ2v) is 5.62. The molecule has 0 aliphatic heterocycles. The van der Waals surface area contributed by atoms with Gasteiger partial charge in [0, 0.05) is 6.54 Å². The molecule has 1 aromatic carbocycles. The summed E-state index contributed by atoms with van der Waals surface area (Å²) in [5, 5.41) is 8.91. The highest BCUT2D eigenvalue weighted by Crippen LogP contribution is 2.31. The molecule has 2 atom stereocenters. The first-order chi connectivity index (χ1) is 10.7. The first kappa shape index (κ1) is 19.3. The third-order valence-electron chi connectivity index (χ3n) is 3.68. The summed E-state index contributed by atoms with van der Waals surface area (Å²) in [6, 6.07) is 4.75. The van der Waals surface area contributed by atoms with E-state index >= 15 is 0 Å². The average molecular weight is 333 g/mol. The predicted molar refractivity (Wildman–Crippen MR) is 80.1 cm³/mol. The molecule has 0 amide bonds. The molecule has 1 rings (SSSR count). The summed E-state index contributed by atoms with van der Waals surface area (Å²) in [6.07, 6.45) is -2.59. The van der Waals surface area contributed by atoms with E-state index in [2.05, 4.69) is 0 Å². The number of aliphatic carboxylic acids is 1. The molecule has 130 valence electrons. The number of carbonyl (C=O) groups is 1. The molecule has 4 nitrogen and oxygen atoms in total. The van der Waals surface area contributed by atoms with Gasteiger partial charge >= 0.3 is 12.1 Å². The number of hydrogen-bond donors (Lipinski definition) is 2. The van der Waals surface area contributed by atoms with Crippen LogP contribution in [0.1, 0.15) is 31.7 Å². The molecular weight excluding hydrogens is 311 g/mol. The maximum atomic E-state index is 12.6. The average Bonchev–Trinajstić information content (AvgIpc) is 2.47. The van der Waals surface area contributed by atoms with Crippen molar-refractivity contribution >= 4 is 5.97 Å². The van der Waals surface area contributed by atoms with Gasteiger partial charge in [-0.15, -0.1) is 0 Å². The molecule has 0 saturated heterocycles. The summed E-state index contributed by atoms with van der Waals surface area (Å²) < 4.78 is 43.1. The van der Waals surface area contributed by atoms with Gasteiger partial charge in [-0.1, -0.05) is 13.0 Å². The van der Waals surface area contributed by atoms with Crippen molar-refractivity contribution < 1.29 is 27.8 Å². The van der Waals surface area contributed by atoms with Crippen molar-refractivity contribution in [1.29, 1.82) is 0 Å². The number of carboxylic acid groups (broad SMARTS) is 1. The van der Waals surface area contributed by atoms with Gasteiger partial charge in [-0.2, -0.15) is 13.2 Å². The second-order valence-electron chi connectivity index (χ2n) is 5.62. The lowest BCUT2D eigenvalue weighted by Crippen LogP contribution is -2.23. The van der Waals surface area contributed by atoms with E-state index in [1.54, 1.807) is 0 Å². The highest BCUT2D eigenvalue weighted by Gasteiger charge is 2.30. The number of carboxylic acids is 1. The van der Waals surface area contributed by atoms with Gasteiger partial charge in [0.2, 0.25) is 0 Å². The van der Waals surface area contributed by atoms with Gasteiger partial charge in [-0.05, 0) is 43.4 Å². The van der Waals surface area contributed by atoms with E-state index in [0.29, 0.717) is 19.3 Å². The van der Waals surface area contributed by atoms with Crippen LogP contribution in [0.15, 0.2) is 24.3 Å². The standard InChI is InChI=1S/C16H22F3NO3/c1-11(5-6-12(10-20)15(21)22)7-8-23-14-4-2-3-13(9-14)16(17,18)19/h2-4,9,11-12H,5-8,10,20H2,1H3,(H,21,22). The Labute approximate surface area is 133 Å². The zero-order valence-corrected chi connectivity index (χ0v) is 13.0. The van der Waals surface area contributed by atoms with E-state index in [-0.39, 0.29) is 24.8 Å². The number of rotatable bonds is 9. The SMILES string of the molecule is CC(CCOc1cccc(C(F)(F)F)c1)CCC(CN)C(=O)O. The molecule has 0 fully saturated rings. The smallest absolute Gasteiger partial charge is 0.416 e. The molecule has 0 saturated carbocycles. The van der Waals surface area contributed by atoms with Gasteiger partial charge in [0.1, 0.15) is 5.75 Å². The minimum absolute atomic E-state index is 0.1000. The number of alkyl halides is 3. The molecule has 1 aromatic rings. The van der Waals surface area contributed by atoms with Crippen LogP contribution in [-0.4, -0.2) is 24.2 Å². The fourth-order valence-corrected chi connectivity index (χ4v) is 2.11. The van der Waals surface area contributed by atoms with E-state index in [0.717, 1.165) is 12.1 Å². The lowest BCUT2D eigenvalue weighted by molar-refractivity contribution is -0.141. The number of nitrogens with two attached hydrogens (primary N) is 1. The largest absolute Gasteiger partial charge is 0.494 e. The third-order valence-corrected chi connectivity index (χ3v) is 3.68. The summed E-state index contributed by atoms with van der Waals surface area (Å²) in [6.45, 7) is 2.33. The van der Waals surface area contributed by atoms with E-state index in [4.69, 9.17) is 15.6 Å². The number of hydrogen-bond acceptors (Lipinski definition) is 3. The molecule has 0 aromatic heterocycles. The zero-order chi connectivity index (χ0) is 17.5. The Morgan fingerprint density at radius 3 is 2.57 bits per heavy atom. The van der Waals surface area contributed by atoms with Crippen LogP contribution in [0.2, 0.25) is 0 Å². The van der Waals surface area contributed by atoms with Crippen molar-refractivity contribution in [2.45, 2.75) is 32.4 Å². The molecule has 0 bridgehead atoms. The van der Waals surface area contributed by atoms with Gasteiger partial charge < -0.3 is 15.6 Å². The lowest BCUT2D eigenvalue weighted by atomic mass is 9.95. The third kappa shape index (κ3) is 6.90. The normalized spacial score (nSPS) is 14.3. The summed E-state index contributed by atoms with van der Waals surface area (Å²) in [5.74, 6) is -1.08. The van der Waals surface area contributed by atoms with E-state index in [9.17, 15) is 18.0 Å². The molecule has 0 radical (unpaired) electrons. The number of halogens is 3. The fraction of sp³-hybridized carbons (Fsp3) is 0.562. The summed E-state index contributed by atoms with van der Waals surface area (Å²) in [7, 11) is 0. The summed E-state index contributed by atoms with van der Waals surface area (Å²) in [4.78, 5) is 10.9. The van der Waals surface area contributed by atoms with Crippen LogP contribution in [0.25, 0.3) is 0 Å². The van der Waals surface area contributed by atoms with Crippen LogP contribution in [0.4, 0.5) is 13.2 Å². The molecule has 3 N–H and O–H groups in total. The zero-order valence-electron chi connectivity index (χ0n) is 13.0. The molecule has 0 heterocycles. The van der Waals surface area contributed by atoms with Crippen LogP contribution in [0.3, 0.4) is 0 Å². The van der Waals surface area contributed by atoms with Gasteiger partial charge in [0.15, 0.2) is 0 Å². The Morgan fingerprint density at radius 1 is 1.30 bits per heavy atom. The Balaban J connectivity index is 2.38. The van der Waals surface area contributed by atoms with Crippen LogP contribution < -0.4 is 10.5 Å². The Morgan fingerprint density at radius 2 is 2.00 bits per heavy atom. The summed E-state index contributed by atoms with van der Waals surface area (Å²) >= 11 is 0. The van der Waals surface area contributed by atoms with Crippen molar-refractivity contribution in [2.75, 3.05) is 13.2 Å². The van der Waals surface area contributed by atoms with Crippen LogP contribution in [0, 0.1) is 11.8 Å². The molecule has 0 aliphatic rings. The highest BCUT2D eigenvalue weighted by atomic mass is 19.4.